The van der Waals surface area contributed by atoms with E-state index in [1.165, 1.54) is 0 Å². The molecule has 104 valence electrons. The van der Waals surface area contributed by atoms with E-state index in [1.807, 2.05) is 24.3 Å². The van der Waals surface area contributed by atoms with Crippen molar-refractivity contribution in [3.8, 4) is 0 Å². The number of carbonyl (C=O) groups is 1. The van der Waals surface area contributed by atoms with Gasteiger partial charge in [0.25, 0.3) is 5.91 Å². The first kappa shape index (κ1) is 13.2. The largest absolute Gasteiger partial charge is 0.304 e. The predicted molar refractivity (Wildman–Crippen MR) is 79.2 cm³/mol. The van der Waals surface area contributed by atoms with E-state index < -0.39 is 0 Å². The molecule has 0 bridgehead atoms. The van der Waals surface area contributed by atoms with Crippen molar-refractivity contribution in [3.05, 3.63) is 35.9 Å². The van der Waals surface area contributed by atoms with E-state index in [9.17, 15) is 4.79 Å². The van der Waals surface area contributed by atoms with E-state index in [2.05, 4.69) is 22.1 Å². The third-order valence-electron chi connectivity index (χ3n) is 3.18. The minimum Gasteiger partial charge on any atom is -0.304 e. The van der Waals surface area contributed by atoms with Gasteiger partial charge in [0.15, 0.2) is 0 Å². The molecule has 0 unspecified atom stereocenters. The lowest BCUT2D eigenvalue weighted by atomic mass is 10.2. The standard InChI is InChI=1S/C14H16N4OS/c1-2-5-12-15-13(17-16-12)14(19)18-8-9-20-11-7-4-3-6-10(11)18/h3-4,6-7H,2,5,8-9H2,1H3,(H,15,16,17). The number of nitrogens with zero attached hydrogens (tertiary/aromatic N) is 3. The van der Waals surface area contributed by atoms with E-state index in [0.717, 1.165) is 35.0 Å². The number of aromatic amines is 1. The Morgan fingerprint density at radius 1 is 1.45 bits per heavy atom. The van der Waals surface area contributed by atoms with Gasteiger partial charge >= 0.3 is 0 Å². The zero-order chi connectivity index (χ0) is 13.9. The molecule has 1 aliphatic rings. The molecule has 0 spiro atoms. The number of hydrogen-bond acceptors (Lipinski definition) is 4. The van der Waals surface area contributed by atoms with E-state index in [0.29, 0.717) is 6.54 Å². The maximum absolute atomic E-state index is 12.6. The van der Waals surface area contributed by atoms with Crippen LogP contribution in [0.15, 0.2) is 29.2 Å². The zero-order valence-corrected chi connectivity index (χ0v) is 12.1. The molecular weight excluding hydrogens is 272 g/mol. The summed E-state index contributed by atoms with van der Waals surface area (Å²) in [5.74, 6) is 1.80. The highest BCUT2D eigenvalue weighted by molar-refractivity contribution is 7.99. The van der Waals surface area contributed by atoms with Crippen LogP contribution in [0.5, 0.6) is 0 Å². The molecule has 20 heavy (non-hydrogen) atoms. The molecule has 1 aliphatic heterocycles. The van der Waals surface area contributed by atoms with Crippen LogP contribution >= 0.6 is 11.8 Å². The average molecular weight is 288 g/mol. The second kappa shape index (κ2) is 5.66. The zero-order valence-electron chi connectivity index (χ0n) is 11.3. The van der Waals surface area contributed by atoms with Gasteiger partial charge in [-0.1, -0.05) is 19.1 Å². The summed E-state index contributed by atoms with van der Waals surface area (Å²) in [6, 6.07) is 7.95. The van der Waals surface area contributed by atoms with Crippen LogP contribution in [0.3, 0.4) is 0 Å². The van der Waals surface area contributed by atoms with Crippen LogP contribution in [0, 0.1) is 0 Å². The van der Waals surface area contributed by atoms with Gasteiger partial charge in [0.05, 0.1) is 5.69 Å². The number of carbonyl (C=O) groups excluding carboxylic acids is 1. The molecule has 1 aromatic heterocycles. The van der Waals surface area contributed by atoms with Crippen molar-refractivity contribution in [1.29, 1.82) is 0 Å². The molecule has 5 nitrogen and oxygen atoms in total. The van der Waals surface area contributed by atoms with E-state index in [-0.39, 0.29) is 11.7 Å². The van der Waals surface area contributed by atoms with Gasteiger partial charge in [-0.05, 0) is 18.6 Å². The fraction of sp³-hybridized carbons (Fsp3) is 0.357. The van der Waals surface area contributed by atoms with Crippen LogP contribution in [0.4, 0.5) is 5.69 Å². The van der Waals surface area contributed by atoms with Crippen molar-refractivity contribution >= 4 is 23.4 Å². The molecule has 0 atom stereocenters. The smallest absolute Gasteiger partial charge is 0.297 e. The molecule has 2 heterocycles. The number of H-pyrrole nitrogens is 1. The number of benzene rings is 1. The third-order valence-corrected chi connectivity index (χ3v) is 4.23. The van der Waals surface area contributed by atoms with Gasteiger partial charge in [0.1, 0.15) is 5.82 Å². The quantitative estimate of drug-likeness (QED) is 0.942. The molecule has 0 saturated carbocycles. The number of fused-ring (bicyclic) bond motifs is 1. The van der Waals surface area contributed by atoms with Gasteiger partial charge < -0.3 is 4.90 Å². The van der Waals surface area contributed by atoms with Crippen molar-refractivity contribution in [1.82, 2.24) is 15.2 Å². The van der Waals surface area contributed by atoms with Crippen LogP contribution in [-0.2, 0) is 6.42 Å². The molecule has 0 aliphatic carbocycles. The Labute approximate surface area is 121 Å². The normalized spacial score (nSPS) is 14.2. The Morgan fingerprint density at radius 3 is 3.15 bits per heavy atom. The first-order chi connectivity index (χ1) is 9.79. The summed E-state index contributed by atoms with van der Waals surface area (Å²) in [6.07, 6.45) is 1.79. The summed E-state index contributed by atoms with van der Waals surface area (Å²) in [6.45, 7) is 2.76. The highest BCUT2D eigenvalue weighted by Crippen LogP contribution is 2.34. The Bertz CT molecular complexity index is 625. The van der Waals surface area contributed by atoms with E-state index in [4.69, 9.17) is 0 Å². The molecular formula is C14H16N4OS. The Morgan fingerprint density at radius 2 is 2.30 bits per heavy atom. The fourth-order valence-corrected chi connectivity index (χ4v) is 3.24. The number of nitrogens with one attached hydrogen (secondary N) is 1. The number of hydrogen-bond donors (Lipinski definition) is 1. The number of amides is 1. The second-order valence-electron chi connectivity index (χ2n) is 4.63. The molecule has 0 fully saturated rings. The summed E-state index contributed by atoms with van der Waals surface area (Å²) >= 11 is 1.78. The number of rotatable bonds is 3. The van der Waals surface area contributed by atoms with Crippen LogP contribution in [0.2, 0.25) is 0 Å². The van der Waals surface area contributed by atoms with Crippen molar-refractivity contribution in [3.63, 3.8) is 0 Å². The molecule has 1 aromatic carbocycles. The number of thioether (sulfide) groups is 1. The van der Waals surface area contributed by atoms with Gasteiger partial charge in [0, 0.05) is 23.6 Å². The van der Waals surface area contributed by atoms with Gasteiger partial charge in [-0.3, -0.25) is 9.89 Å². The van der Waals surface area contributed by atoms with Crippen molar-refractivity contribution < 1.29 is 4.79 Å². The minimum atomic E-state index is -0.128. The minimum absolute atomic E-state index is 0.128. The first-order valence-corrected chi connectivity index (χ1v) is 7.73. The maximum Gasteiger partial charge on any atom is 0.297 e. The molecule has 6 heteroatoms. The summed E-state index contributed by atoms with van der Waals surface area (Å²) in [7, 11) is 0. The Balaban J connectivity index is 1.87. The highest BCUT2D eigenvalue weighted by atomic mass is 32.2. The van der Waals surface area contributed by atoms with Gasteiger partial charge in [0.2, 0.25) is 5.82 Å². The van der Waals surface area contributed by atoms with Gasteiger partial charge in [-0.25, -0.2) is 4.98 Å². The van der Waals surface area contributed by atoms with Crippen molar-refractivity contribution in [2.75, 3.05) is 17.2 Å². The Kier molecular flexibility index (Phi) is 3.73. The predicted octanol–water partition coefficient (Wildman–Crippen LogP) is 2.51. The van der Waals surface area contributed by atoms with Crippen LogP contribution in [0.25, 0.3) is 0 Å². The number of anilines is 1. The SMILES string of the molecule is CCCc1nc(C(=O)N2CCSc3ccccc32)n[nH]1. The molecule has 2 aromatic rings. The van der Waals surface area contributed by atoms with Crippen molar-refractivity contribution in [2.24, 2.45) is 0 Å². The summed E-state index contributed by atoms with van der Waals surface area (Å²) in [5, 5.41) is 6.89. The summed E-state index contributed by atoms with van der Waals surface area (Å²) in [4.78, 5) is 19.7. The lowest BCUT2D eigenvalue weighted by molar-refractivity contribution is 0.0978. The molecule has 3 rings (SSSR count). The highest BCUT2D eigenvalue weighted by Gasteiger charge is 2.26. The molecule has 0 saturated heterocycles. The lowest BCUT2D eigenvalue weighted by Gasteiger charge is -2.27. The topological polar surface area (TPSA) is 61.9 Å². The number of aromatic nitrogens is 3. The lowest BCUT2D eigenvalue weighted by Crippen LogP contribution is -2.36. The summed E-state index contributed by atoms with van der Waals surface area (Å²) in [5.41, 5.74) is 0.954. The second-order valence-corrected chi connectivity index (χ2v) is 5.77. The van der Waals surface area contributed by atoms with Crippen LogP contribution in [0.1, 0.15) is 29.8 Å². The average Bonchev–Trinajstić information content (AvgIpc) is 2.95. The third kappa shape index (κ3) is 2.43. The maximum atomic E-state index is 12.6. The van der Waals surface area contributed by atoms with E-state index >= 15 is 0 Å². The number of para-hydroxylation sites is 1. The summed E-state index contributed by atoms with van der Waals surface area (Å²) < 4.78 is 0. The van der Waals surface area contributed by atoms with Crippen LogP contribution in [-0.4, -0.2) is 33.4 Å². The molecule has 1 N–H and O–H groups in total. The Hall–Kier alpha value is -1.82. The van der Waals surface area contributed by atoms with Gasteiger partial charge in [-0.2, -0.15) is 0 Å². The first-order valence-electron chi connectivity index (χ1n) is 6.74. The number of aryl methyl sites for hydroxylation is 1. The van der Waals surface area contributed by atoms with Crippen molar-refractivity contribution in [2.45, 2.75) is 24.7 Å². The fourth-order valence-electron chi connectivity index (χ4n) is 2.24. The molecule has 1 amide bonds. The van der Waals surface area contributed by atoms with Gasteiger partial charge in [-0.15, -0.1) is 16.9 Å². The van der Waals surface area contributed by atoms with Crippen LogP contribution < -0.4 is 4.90 Å². The molecule has 0 radical (unpaired) electrons. The monoisotopic (exact) mass is 288 g/mol. The van der Waals surface area contributed by atoms with E-state index in [1.54, 1.807) is 16.7 Å².